The molecule has 8 nitrogen and oxygen atoms in total. The lowest BCUT2D eigenvalue weighted by atomic mass is 10.0. The van der Waals surface area contributed by atoms with E-state index in [4.69, 9.17) is 11.6 Å². The van der Waals surface area contributed by atoms with Gasteiger partial charge in [0.15, 0.2) is 10.9 Å². The first kappa shape index (κ1) is 23.7. The molecule has 10 heteroatoms. The number of anilines is 2. The molecule has 0 radical (unpaired) electrons. The molecule has 1 unspecified atom stereocenters. The molecule has 5 rings (SSSR count). The second-order valence-electron chi connectivity index (χ2n) is 8.88. The molecular weight excluding hydrogens is 484 g/mol. The Kier molecular flexibility index (Phi) is 6.73. The number of aryl methyl sites for hydroxylation is 1. The molecule has 3 heterocycles. The molecule has 0 bridgehead atoms. The third-order valence-corrected chi connectivity index (χ3v) is 7.72. The van der Waals surface area contributed by atoms with Crippen LogP contribution < -0.4 is 10.6 Å². The second kappa shape index (κ2) is 9.93. The Labute approximate surface area is 212 Å². The van der Waals surface area contributed by atoms with Gasteiger partial charge in [-0.25, -0.2) is 9.97 Å². The fourth-order valence-electron chi connectivity index (χ4n) is 4.44. The maximum atomic E-state index is 12.8. The molecule has 1 atom stereocenters. The van der Waals surface area contributed by atoms with Crippen molar-refractivity contribution in [2.24, 2.45) is 7.05 Å². The van der Waals surface area contributed by atoms with Gasteiger partial charge in [-0.1, -0.05) is 22.9 Å². The first-order chi connectivity index (χ1) is 16.9. The summed E-state index contributed by atoms with van der Waals surface area (Å²) in [4.78, 5) is 36.5. The van der Waals surface area contributed by atoms with E-state index in [0.29, 0.717) is 27.2 Å². The number of aromatic nitrogens is 3. The molecule has 0 aliphatic carbocycles. The number of hydrogen-bond donors (Lipinski definition) is 2. The molecule has 0 spiro atoms. The van der Waals surface area contributed by atoms with E-state index in [0.717, 1.165) is 41.7 Å². The molecule has 1 aliphatic heterocycles. The molecule has 182 valence electrons. The third-order valence-electron chi connectivity index (χ3n) is 6.55. The van der Waals surface area contributed by atoms with Crippen molar-refractivity contribution in [2.45, 2.75) is 31.7 Å². The molecule has 0 saturated carbocycles. The van der Waals surface area contributed by atoms with E-state index in [2.05, 4.69) is 20.6 Å². The van der Waals surface area contributed by atoms with Crippen LogP contribution in [0.1, 0.15) is 36.0 Å². The number of amides is 1. The van der Waals surface area contributed by atoms with Gasteiger partial charge in [-0.05, 0) is 55.8 Å². The zero-order chi connectivity index (χ0) is 24.5. The van der Waals surface area contributed by atoms with E-state index in [1.807, 2.05) is 42.9 Å². The maximum absolute atomic E-state index is 12.8. The van der Waals surface area contributed by atoms with Crippen LogP contribution in [-0.4, -0.2) is 57.3 Å². The number of imidazole rings is 1. The number of thiazole rings is 1. The van der Waals surface area contributed by atoms with Crippen LogP contribution in [0.4, 0.5) is 11.1 Å². The van der Waals surface area contributed by atoms with Gasteiger partial charge < -0.3 is 20.1 Å². The number of rotatable bonds is 7. The summed E-state index contributed by atoms with van der Waals surface area (Å²) < 4.78 is 2.92. The van der Waals surface area contributed by atoms with E-state index >= 15 is 0 Å². The molecule has 2 aromatic heterocycles. The Hall–Kier alpha value is -3.01. The fourth-order valence-corrected chi connectivity index (χ4v) is 5.58. The van der Waals surface area contributed by atoms with Gasteiger partial charge in [0.25, 0.3) is 0 Å². The number of ketones is 1. The zero-order valence-corrected chi connectivity index (χ0v) is 21.2. The Morgan fingerprint density at radius 1 is 1.20 bits per heavy atom. The quantitative estimate of drug-likeness (QED) is 0.348. The third kappa shape index (κ3) is 5.03. The summed E-state index contributed by atoms with van der Waals surface area (Å²) in [5.41, 5.74) is 3.04. The van der Waals surface area contributed by atoms with E-state index in [1.54, 1.807) is 17.0 Å². The average Bonchev–Trinajstić information content (AvgIpc) is 3.41. The minimum Gasteiger partial charge on any atom is -0.341 e. The van der Waals surface area contributed by atoms with Crippen LogP contribution in [-0.2, 0) is 11.8 Å². The van der Waals surface area contributed by atoms with Crippen molar-refractivity contribution in [1.82, 2.24) is 24.8 Å². The molecule has 4 aromatic rings. The Balaban J connectivity index is 1.27. The molecule has 2 aromatic carbocycles. The summed E-state index contributed by atoms with van der Waals surface area (Å²) in [5, 5.41) is 7.99. The normalized spacial score (nSPS) is 16.0. The highest BCUT2D eigenvalue weighted by Gasteiger charge is 2.22. The minimum absolute atomic E-state index is 0.00886. The van der Waals surface area contributed by atoms with Crippen molar-refractivity contribution in [1.29, 1.82) is 0 Å². The number of carbonyl (C=O) groups excluding carboxylic acids is 2. The number of hydrogen-bond acceptors (Lipinski definition) is 7. The van der Waals surface area contributed by atoms with Crippen molar-refractivity contribution in [3.8, 4) is 0 Å². The first-order valence-corrected chi connectivity index (χ1v) is 12.9. The number of nitrogens with one attached hydrogen (secondary N) is 2. The van der Waals surface area contributed by atoms with Crippen LogP contribution in [0.3, 0.4) is 0 Å². The van der Waals surface area contributed by atoms with Gasteiger partial charge in [0.05, 0.1) is 21.3 Å². The Morgan fingerprint density at radius 3 is 2.86 bits per heavy atom. The number of likely N-dealkylation sites (N-methyl/N-ethyl adjacent to an activating group) is 1. The van der Waals surface area contributed by atoms with Crippen molar-refractivity contribution < 1.29 is 9.59 Å². The standard InChI is InChI=1S/C25H27ClN6O2S/c1-31(17-4-3-11-27-14-17)23(34)10-9-21(33)15-5-8-20-19(12-15)28-24(32(20)2)30-25-29-18-7-6-16(26)13-22(18)35-25/h5-8,12-13,17,27H,3-4,9-11,14H2,1-2H3,(H,28,29,30). The number of fused-ring (bicyclic) bond motifs is 2. The molecular formula is C25H27ClN6O2S. The van der Waals surface area contributed by atoms with Gasteiger partial charge in [-0.2, -0.15) is 0 Å². The lowest BCUT2D eigenvalue weighted by Gasteiger charge is -2.31. The van der Waals surface area contributed by atoms with Crippen molar-refractivity contribution in [3.05, 3.63) is 47.0 Å². The maximum Gasteiger partial charge on any atom is 0.223 e. The zero-order valence-electron chi connectivity index (χ0n) is 19.7. The largest absolute Gasteiger partial charge is 0.341 e. The Bertz CT molecular complexity index is 1410. The average molecular weight is 511 g/mol. The predicted octanol–water partition coefficient (Wildman–Crippen LogP) is 4.75. The van der Waals surface area contributed by atoms with Crippen LogP contribution in [0, 0.1) is 0 Å². The number of Topliss-reactive ketones (excluding diaryl/α,β-unsaturated/α-hetero) is 1. The summed E-state index contributed by atoms with van der Waals surface area (Å²) in [6.07, 6.45) is 2.46. The molecule has 1 aliphatic rings. The lowest BCUT2D eigenvalue weighted by Crippen LogP contribution is -2.46. The molecule has 1 saturated heterocycles. The van der Waals surface area contributed by atoms with Gasteiger partial charge in [-0.15, -0.1) is 0 Å². The van der Waals surface area contributed by atoms with Gasteiger partial charge in [0.2, 0.25) is 11.9 Å². The topological polar surface area (TPSA) is 92.2 Å². The van der Waals surface area contributed by atoms with Crippen molar-refractivity contribution in [3.63, 3.8) is 0 Å². The van der Waals surface area contributed by atoms with Gasteiger partial charge in [-0.3, -0.25) is 9.59 Å². The van der Waals surface area contributed by atoms with E-state index in [1.165, 1.54) is 11.3 Å². The first-order valence-electron chi connectivity index (χ1n) is 11.7. The summed E-state index contributed by atoms with van der Waals surface area (Å²) in [6, 6.07) is 11.3. The summed E-state index contributed by atoms with van der Waals surface area (Å²) >= 11 is 7.59. The molecule has 1 fully saturated rings. The molecule has 1 amide bonds. The number of nitrogens with zero attached hydrogens (tertiary/aromatic N) is 4. The van der Waals surface area contributed by atoms with Crippen LogP contribution >= 0.6 is 22.9 Å². The minimum atomic E-state index is -0.0568. The smallest absolute Gasteiger partial charge is 0.223 e. The number of carbonyl (C=O) groups is 2. The van der Waals surface area contributed by atoms with Gasteiger partial charge in [0.1, 0.15) is 0 Å². The summed E-state index contributed by atoms with van der Waals surface area (Å²) in [6.45, 7) is 1.81. The number of halogens is 1. The van der Waals surface area contributed by atoms with Crippen LogP contribution in [0.25, 0.3) is 21.3 Å². The molecule has 35 heavy (non-hydrogen) atoms. The van der Waals surface area contributed by atoms with Crippen LogP contribution in [0.5, 0.6) is 0 Å². The van der Waals surface area contributed by atoms with Crippen LogP contribution in [0.2, 0.25) is 5.02 Å². The van der Waals surface area contributed by atoms with Gasteiger partial charge >= 0.3 is 0 Å². The van der Waals surface area contributed by atoms with E-state index in [9.17, 15) is 9.59 Å². The SMILES string of the molecule is CN(C(=O)CCC(=O)c1ccc2c(c1)nc(Nc1nc3ccc(Cl)cc3s1)n2C)C1CCCNC1. The summed E-state index contributed by atoms with van der Waals surface area (Å²) in [5.74, 6) is 0.584. The van der Waals surface area contributed by atoms with Crippen molar-refractivity contribution >= 4 is 67.0 Å². The van der Waals surface area contributed by atoms with E-state index in [-0.39, 0.29) is 30.6 Å². The predicted molar refractivity (Wildman–Crippen MR) is 141 cm³/mol. The second-order valence-corrected chi connectivity index (χ2v) is 10.3. The monoisotopic (exact) mass is 510 g/mol. The highest BCUT2D eigenvalue weighted by molar-refractivity contribution is 7.22. The highest BCUT2D eigenvalue weighted by atomic mass is 35.5. The van der Waals surface area contributed by atoms with Crippen LogP contribution in [0.15, 0.2) is 36.4 Å². The van der Waals surface area contributed by atoms with Gasteiger partial charge in [0, 0.05) is 50.1 Å². The number of piperidine rings is 1. The number of benzene rings is 2. The van der Waals surface area contributed by atoms with E-state index < -0.39 is 0 Å². The van der Waals surface area contributed by atoms with Crippen molar-refractivity contribution in [2.75, 3.05) is 25.5 Å². The highest BCUT2D eigenvalue weighted by Crippen LogP contribution is 2.31. The summed E-state index contributed by atoms with van der Waals surface area (Å²) in [7, 11) is 3.75. The lowest BCUT2D eigenvalue weighted by molar-refractivity contribution is -0.132. The molecule has 2 N–H and O–H groups in total. The fraction of sp³-hybridized carbons (Fsp3) is 0.360. The Morgan fingerprint density at radius 2 is 2.06 bits per heavy atom.